The van der Waals surface area contributed by atoms with Crippen molar-refractivity contribution in [2.75, 3.05) is 19.8 Å². The first-order valence-electron chi connectivity index (χ1n) is 13.4. The Kier molecular flexibility index (Phi) is 5.80. The van der Waals surface area contributed by atoms with Crippen LogP contribution in [0, 0.1) is 28.6 Å². The van der Waals surface area contributed by atoms with Crippen molar-refractivity contribution in [2.45, 2.75) is 76.6 Å². The van der Waals surface area contributed by atoms with Gasteiger partial charge in [-0.3, -0.25) is 4.99 Å². The maximum Gasteiger partial charge on any atom is 0.172 e. The molecule has 2 N–H and O–H groups in total. The number of nitrogens with zero attached hydrogens (tertiary/aromatic N) is 1. The van der Waals surface area contributed by atoms with Crippen molar-refractivity contribution in [3.8, 4) is 5.75 Å². The van der Waals surface area contributed by atoms with Gasteiger partial charge in [0.1, 0.15) is 5.75 Å². The Morgan fingerprint density at radius 2 is 1.86 bits per heavy atom. The number of halogens is 1. The first-order chi connectivity index (χ1) is 16.7. The molecule has 4 aliphatic carbocycles. The molecule has 0 radical (unpaired) electrons. The number of rotatable bonds is 3. The van der Waals surface area contributed by atoms with E-state index in [1.807, 2.05) is 12.1 Å². The van der Waals surface area contributed by atoms with Gasteiger partial charge in [-0.2, -0.15) is 0 Å². The molecule has 0 bridgehead atoms. The molecule has 0 amide bonds. The van der Waals surface area contributed by atoms with Gasteiger partial charge in [-0.15, -0.1) is 0 Å². The van der Waals surface area contributed by atoms with E-state index in [0.29, 0.717) is 29.9 Å². The normalized spacial score (nSPS) is 42.1. The molecular formula is C29H38BrNO4. The van der Waals surface area contributed by atoms with Crippen LogP contribution in [0.1, 0.15) is 70.8 Å². The van der Waals surface area contributed by atoms with E-state index in [2.05, 4.69) is 40.8 Å². The standard InChI is InChI=1S/C29H38BrNO4/c1-26-11-12-29(34-13-14-35-29)16-20(26)3-5-22-23(26)7-9-27(2)24(22)8-10-28(27,33)18-31-17-19-15-21(30)4-6-25(19)32/h3-4,6,15,17,22-24,32-33H,5,7-14,16,18H2,1-2H3/t22-,23-,24+,26-,27+,28+/m0/s1. The third-order valence-electron chi connectivity index (χ3n) is 10.8. The Balaban J connectivity index is 1.21. The summed E-state index contributed by atoms with van der Waals surface area (Å²) >= 11 is 3.46. The monoisotopic (exact) mass is 543 g/mol. The van der Waals surface area contributed by atoms with Crippen molar-refractivity contribution < 1.29 is 19.7 Å². The topological polar surface area (TPSA) is 71.3 Å². The summed E-state index contributed by atoms with van der Waals surface area (Å²) in [5.74, 6) is 1.65. The lowest BCUT2D eigenvalue weighted by atomic mass is 9.46. The molecule has 35 heavy (non-hydrogen) atoms. The fourth-order valence-electron chi connectivity index (χ4n) is 8.64. The lowest BCUT2D eigenvalue weighted by molar-refractivity contribution is -0.187. The number of phenols is 1. The number of aliphatic imine (C=N–C) groups is 1. The number of hydrogen-bond acceptors (Lipinski definition) is 5. The molecule has 0 aromatic heterocycles. The molecule has 1 aliphatic heterocycles. The summed E-state index contributed by atoms with van der Waals surface area (Å²) in [6.07, 6.45) is 12.5. The van der Waals surface area contributed by atoms with Crippen LogP contribution in [-0.2, 0) is 9.47 Å². The molecule has 6 atom stereocenters. The van der Waals surface area contributed by atoms with E-state index in [-0.39, 0.29) is 22.4 Å². The van der Waals surface area contributed by atoms with Crippen LogP contribution in [0.25, 0.3) is 0 Å². The minimum absolute atomic E-state index is 0.125. The molecule has 1 saturated heterocycles. The van der Waals surface area contributed by atoms with Gasteiger partial charge in [0.2, 0.25) is 0 Å². The number of phenolic OH excluding ortho intramolecular Hbond substituents is 1. The number of aliphatic hydroxyl groups is 1. The van der Waals surface area contributed by atoms with E-state index >= 15 is 0 Å². The quantitative estimate of drug-likeness (QED) is 0.361. The molecule has 1 spiro atoms. The zero-order valence-electron chi connectivity index (χ0n) is 20.9. The van der Waals surface area contributed by atoms with Gasteiger partial charge in [0.15, 0.2) is 5.79 Å². The van der Waals surface area contributed by atoms with Crippen LogP contribution in [0.2, 0.25) is 0 Å². The molecule has 1 aromatic rings. The number of aromatic hydroxyl groups is 1. The first kappa shape index (κ1) is 24.1. The van der Waals surface area contributed by atoms with Crippen molar-refractivity contribution in [3.63, 3.8) is 0 Å². The van der Waals surface area contributed by atoms with Crippen molar-refractivity contribution in [1.29, 1.82) is 0 Å². The van der Waals surface area contributed by atoms with E-state index < -0.39 is 5.60 Å². The van der Waals surface area contributed by atoms with Crippen LogP contribution in [0.4, 0.5) is 0 Å². The van der Waals surface area contributed by atoms with Crippen LogP contribution in [0.15, 0.2) is 39.3 Å². The summed E-state index contributed by atoms with van der Waals surface area (Å²) in [5, 5.41) is 22.1. The van der Waals surface area contributed by atoms with E-state index in [0.717, 1.165) is 62.6 Å². The number of allylic oxidation sites excluding steroid dienone is 1. The van der Waals surface area contributed by atoms with Crippen LogP contribution >= 0.6 is 15.9 Å². The second-order valence-corrected chi connectivity index (χ2v) is 13.2. The number of benzene rings is 1. The molecule has 3 saturated carbocycles. The molecular weight excluding hydrogens is 506 g/mol. The van der Waals surface area contributed by atoms with E-state index in [9.17, 15) is 10.2 Å². The third-order valence-corrected chi connectivity index (χ3v) is 11.3. The highest BCUT2D eigenvalue weighted by Crippen LogP contribution is 2.68. The second-order valence-electron chi connectivity index (χ2n) is 12.2. The third kappa shape index (κ3) is 3.69. The summed E-state index contributed by atoms with van der Waals surface area (Å²) in [4.78, 5) is 4.66. The van der Waals surface area contributed by atoms with Gasteiger partial charge in [-0.05, 0) is 79.9 Å². The summed E-state index contributed by atoms with van der Waals surface area (Å²) in [7, 11) is 0. The van der Waals surface area contributed by atoms with Crippen LogP contribution in [0.5, 0.6) is 5.75 Å². The van der Waals surface area contributed by atoms with Gasteiger partial charge in [-0.25, -0.2) is 0 Å². The fraction of sp³-hybridized carbons (Fsp3) is 0.690. The predicted molar refractivity (Wildman–Crippen MR) is 140 cm³/mol. The smallest absolute Gasteiger partial charge is 0.172 e. The molecule has 190 valence electrons. The van der Waals surface area contributed by atoms with Gasteiger partial charge >= 0.3 is 0 Å². The van der Waals surface area contributed by atoms with Gasteiger partial charge in [0.05, 0.1) is 25.4 Å². The zero-order valence-corrected chi connectivity index (χ0v) is 22.5. The van der Waals surface area contributed by atoms with Crippen LogP contribution in [-0.4, -0.2) is 47.6 Å². The minimum Gasteiger partial charge on any atom is -0.507 e. The van der Waals surface area contributed by atoms with Crippen molar-refractivity contribution >= 4 is 22.1 Å². The molecule has 6 rings (SSSR count). The average Bonchev–Trinajstić information content (AvgIpc) is 3.39. The molecule has 4 fully saturated rings. The number of fused-ring (bicyclic) bond motifs is 5. The molecule has 1 aromatic carbocycles. The Hall–Kier alpha value is -1.21. The van der Waals surface area contributed by atoms with Gasteiger partial charge in [0, 0.05) is 34.5 Å². The second kappa shape index (κ2) is 8.41. The number of ether oxygens (including phenoxy) is 2. The molecule has 0 unspecified atom stereocenters. The van der Waals surface area contributed by atoms with Gasteiger partial charge < -0.3 is 19.7 Å². The summed E-state index contributed by atoms with van der Waals surface area (Å²) in [5.41, 5.74) is 1.53. The molecule has 6 heteroatoms. The van der Waals surface area contributed by atoms with Crippen LogP contribution < -0.4 is 0 Å². The molecule has 5 nitrogen and oxygen atoms in total. The highest BCUT2D eigenvalue weighted by Gasteiger charge is 2.64. The minimum atomic E-state index is -0.798. The summed E-state index contributed by atoms with van der Waals surface area (Å²) < 4.78 is 13.1. The van der Waals surface area contributed by atoms with Crippen molar-refractivity contribution in [1.82, 2.24) is 0 Å². The van der Waals surface area contributed by atoms with E-state index in [1.165, 1.54) is 6.42 Å². The Bertz CT molecular complexity index is 1060. The van der Waals surface area contributed by atoms with Crippen molar-refractivity contribution in [2.24, 2.45) is 33.6 Å². The first-order valence-corrected chi connectivity index (χ1v) is 14.2. The van der Waals surface area contributed by atoms with E-state index in [1.54, 1.807) is 17.9 Å². The largest absolute Gasteiger partial charge is 0.507 e. The Morgan fingerprint density at radius 1 is 1.09 bits per heavy atom. The van der Waals surface area contributed by atoms with E-state index in [4.69, 9.17) is 9.47 Å². The average molecular weight is 545 g/mol. The number of hydrogen-bond donors (Lipinski definition) is 2. The molecule has 1 heterocycles. The summed E-state index contributed by atoms with van der Waals surface area (Å²) in [6, 6.07) is 5.33. The van der Waals surface area contributed by atoms with Gasteiger partial charge in [-0.1, -0.05) is 41.4 Å². The Morgan fingerprint density at radius 3 is 2.66 bits per heavy atom. The fourth-order valence-corrected chi connectivity index (χ4v) is 9.02. The zero-order chi connectivity index (χ0) is 24.5. The lowest BCUT2D eigenvalue weighted by Crippen LogP contribution is -2.56. The Labute approximate surface area is 217 Å². The van der Waals surface area contributed by atoms with Crippen LogP contribution in [0.3, 0.4) is 0 Å². The highest BCUT2D eigenvalue weighted by atomic mass is 79.9. The maximum absolute atomic E-state index is 11.9. The molecule has 5 aliphatic rings. The lowest BCUT2D eigenvalue weighted by Gasteiger charge is -2.59. The van der Waals surface area contributed by atoms with Crippen molar-refractivity contribution in [3.05, 3.63) is 39.9 Å². The summed E-state index contributed by atoms with van der Waals surface area (Å²) in [6.45, 7) is 6.65. The highest BCUT2D eigenvalue weighted by molar-refractivity contribution is 9.10. The SMILES string of the molecule is C[C@]12CCC3(CC1=CC[C@@H]1[C@H]4CC[C@@](O)(CN=Cc5cc(Br)ccc5O)[C@]4(C)CC[C@@H]12)OCCO3. The maximum atomic E-state index is 11.9. The van der Waals surface area contributed by atoms with Gasteiger partial charge in [0.25, 0.3) is 0 Å². The predicted octanol–water partition coefficient (Wildman–Crippen LogP) is 6.01.